The van der Waals surface area contributed by atoms with Gasteiger partial charge < -0.3 is 9.30 Å². The second-order valence-electron chi connectivity index (χ2n) is 7.13. The fraction of sp³-hybridized carbons (Fsp3) is 0.182. The van der Waals surface area contributed by atoms with E-state index in [2.05, 4.69) is 10.5 Å². The Balaban J connectivity index is 1.81. The number of hydrogen-bond donors (Lipinski definition) is 1. The minimum atomic E-state index is -0.539. The summed E-state index contributed by atoms with van der Waals surface area (Å²) >= 11 is 0. The van der Waals surface area contributed by atoms with Crippen LogP contribution in [0.1, 0.15) is 22.5 Å². The van der Waals surface area contributed by atoms with Crippen molar-refractivity contribution in [2.45, 2.75) is 20.3 Å². The van der Waals surface area contributed by atoms with Gasteiger partial charge in [0, 0.05) is 40.7 Å². The van der Waals surface area contributed by atoms with E-state index in [9.17, 15) is 25.0 Å². The van der Waals surface area contributed by atoms with Gasteiger partial charge in [0.15, 0.2) is 0 Å². The van der Waals surface area contributed by atoms with E-state index in [4.69, 9.17) is 4.74 Å². The second-order valence-corrected chi connectivity index (χ2v) is 7.13. The minimum absolute atomic E-state index is 0.0733. The molecule has 0 unspecified atom stereocenters. The monoisotopic (exact) mass is 451 g/mol. The smallest absolute Gasteiger partial charge is 0.273 e. The molecule has 1 heterocycles. The van der Waals surface area contributed by atoms with E-state index >= 15 is 0 Å². The van der Waals surface area contributed by atoms with E-state index in [0.29, 0.717) is 17.0 Å². The summed E-state index contributed by atoms with van der Waals surface area (Å²) in [7, 11) is 1.48. The molecule has 0 atom stereocenters. The lowest BCUT2D eigenvalue weighted by molar-refractivity contribution is -0.385. The number of hydrazone groups is 1. The van der Waals surface area contributed by atoms with Crippen molar-refractivity contribution in [2.24, 2.45) is 5.10 Å². The predicted octanol–water partition coefficient (Wildman–Crippen LogP) is 3.61. The molecule has 0 spiro atoms. The molecule has 0 aliphatic heterocycles. The molecule has 1 amide bonds. The summed E-state index contributed by atoms with van der Waals surface area (Å²) in [5, 5.41) is 26.3. The van der Waals surface area contributed by atoms with Gasteiger partial charge in [-0.05, 0) is 26.0 Å². The highest BCUT2D eigenvalue weighted by Crippen LogP contribution is 2.31. The summed E-state index contributed by atoms with van der Waals surface area (Å²) in [5.74, 6) is -0.0432. The molecule has 0 radical (unpaired) electrons. The molecule has 0 saturated carbocycles. The minimum Gasteiger partial charge on any atom is -0.495 e. The third-order valence-electron chi connectivity index (χ3n) is 5.02. The highest BCUT2D eigenvalue weighted by molar-refractivity contribution is 5.85. The lowest BCUT2D eigenvalue weighted by atomic mass is 10.1. The van der Waals surface area contributed by atoms with E-state index in [1.807, 2.05) is 19.9 Å². The van der Waals surface area contributed by atoms with E-state index in [0.717, 1.165) is 11.4 Å². The van der Waals surface area contributed by atoms with Crippen LogP contribution in [0.25, 0.3) is 5.69 Å². The zero-order valence-corrected chi connectivity index (χ0v) is 18.1. The Morgan fingerprint density at radius 3 is 2.52 bits per heavy atom. The van der Waals surface area contributed by atoms with Crippen molar-refractivity contribution in [3.05, 3.63) is 91.3 Å². The van der Waals surface area contributed by atoms with Gasteiger partial charge in [0.25, 0.3) is 11.4 Å². The van der Waals surface area contributed by atoms with Crippen LogP contribution in [0, 0.1) is 34.1 Å². The first kappa shape index (κ1) is 23.1. The van der Waals surface area contributed by atoms with E-state index in [-0.39, 0.29) is 23.4 Å². The SMILES string of the molecule is COc1ccc([N+](=O)[O-])cc1-n1c(C)cc(/C=N/NC(=O)Cc2ccccc2[N+](=O)[O-])c1C. The molecule has 33 heavy (non-hydrogen) atoms. The number of hydrogen-bond acceptors (Lipinski definition) is 7. The van der Waals surface area contributed by atoms with Gasteiger partial charge in [-0.3, -0.25) is 25.0 Å². The molecule has 11 heteroatoms. The van der Waals surface area contributed by atoms with Gasteiger partial charge in [0.2, 0.25) is 5.91 Å². The molecule has 0 saturated heterocycles. The summed E-state index contributed by atoms with van der Waals surface area (Å²) in [6.45, 7) is 3.64. The van der Waals surface area contributed by atoms with Crippen molar-refractivity contribution in [3.63, 3.8) is 0 Å². The van der Waals surface area contributed by atoms with Crippen molar-refractivity contribution in [2.75, 3.05) is 7.11 Å². The first-order valence-corrected chi connectivity index (χ1v) is 9.79. The molecule has 0 bridgehead atoms. The molecule has 1 aromatic heterocycles. The molecule has 3 aromatic rings. The Morgan fingerprint density at radius 2 is 1.85 bits per heavy atom. The molecule has 1 N–H and O–H groups in total. The van der Waals surface area contributed by atoms with Crippen LogP contribution in [0.4, 0.5) is 11.4 Å². The maximum Gasteiger partial charge on any atom is 0.273 e. The van der Waals surface area contributed by atoms with Gasteiger partial charge in [0.1, 0.15) is 5.75 Å². The largest absolute Gasteiger partial charge is 0.495 e. The number of carbonyl (C=O) groups excluding carboxylic acids is 1. The average Bonchev–Trinajstić information content (AvgIpc) is 3.06. The molecule has 2 aromatic carbocycles. The normalized spacial score (nSPS) is 10.9. The number of nitrogens with one attached hydrogen (secondary N) is 1. The number of rotatable bonds is 8. The summed E-state index contributed by atoms with van der Waals surface area (Å²) < 4.78 is 7.16. The van der Waals surface area contributed by atoms with E-state index in [1.54, 1.807) is 10.6 Å². The summed E-state index contributed by atoms with van der Waals surface area (Å²) in [6.07, 6.45) is 1.25. The summed E-state index contributed by atoms with van der Waals surface area (Å²) in [5.41, 5.74) is 5.13. The van der Waals surface area contributed by atoms with Gasteiger partial charge in [0.05, 0.1) is 35.3 Å². The Hall–Kier alpha value is -4.54. The molecule has 0 fully saturated rings. The molecule has 170 valence electrons. The maximum absolute atomic E-state index is 12.2. The van der Waals surface area contributed by atoms with Gasteiger partial charge in [-0.1, -0.05) is 18.2 Å². The van der Waals surface area contributed by atoms with E-state index < -0.39 is 15.8 Å². The van der Waals surface area contributed by atoms with Crippen molar-refractivity contribution >= 4 is 23.5 Å². The summed E-state index contributed by atoms with van der Waals surface area (Å²) in [4.78, 5) is 33.5. The average molecular weight is 451 g/mol. The van der Waals surface area contributed by atoms with Crippen molar-refractivity contribution in [1.82, 2.24) is 9.99 Å². The van der Waals surface area contributed by atoms with Crippen molar-refractivity contribution < 1.29 is 19.4 Å². The highest BCUT2D eigenvalue weighted by Gasteiger charge is 2.18. The third kappa shape index (κ3) is 5.03. The van der Waals surface area contributed by atoms with Crippen LogP contribution >= 0.6 is 0 Å². The molecule has 0 aliphatic carbocycles. The lowest BCUT2D eigenvalue weighted by Crippen LogP contribution is -2.20. The van der Waals surface area contributed by atoms with Gasteiger partial charge >= 0.3 is 0 Å². The Morgan fingerprint density at radius 1 is 1.12 bits per heavy atom. The number of benzene rings is 2. The van der Waals surface area contributed by atoms with Crippen molar-refractivity contribution in [3.8, 4) is 11.4 Å². The topological polar surface area (TPSA) is 142 Å². The molecule has 3 rings (SSSR count). The molecule has 0 aliphatic rings. The van der Waals surface area contributed by atoms with Crippen molar-refractivity contribution in [1.29, 1.82) is 0 Å². The Bertz CT molecular complexity index is 1260. The van der Waals surface area contributed by atoms with Crippen LogP contribution in [0.3, 0.4) is 0 Å². The zero-order chi connectivity index (χ0) is 24.1. The van der Waals surface area contributed by atoms with Crippen LogP contribution in [-0.4, -0.2) is 33.6 Å². The van der Waals surface area contributed by atoms with Crippen LogP contribution in [0.2, 0.25) is 0 Å². The molecular formula is C22H21N5O6. The van der Waals surface area contributed by atoms with Crippen LogP contribution < -0.4 is 10.2 Å². The number of nitro groups is 2. The lowest BCUT2D eigenvalue weighted by Gasteiger charge is -2.13. The molecule has 11 nitrogen and oxygen atoms in total. The first-order chi connectivity index (χ1) is 15.7. The fourth-order valence-electron chi connectivity index (χ4n) is 3.48. The third-order valence-corrected chi connectivity index (χ3v) is 5.02. The van der Waals surface area contributed by atoms with Crippen LogP contribution in [0.5, 0.6) is 5.75 Å². The number of methoxy groups -OCH3 is 1. The van der Waals surface area contributed by atoms with Crippen LogP contribution in [-0.2, 0) is 11.2 Å². The van der Waals surface area contributed by atoms with Gasteiger partial charge in [-0.25, -0.2) is 5.43 Å². The second kappa shape index (κ2) is 9.73. The first-order valence-electron chi connectivity index (χ1n) is 9.79. The number of aromatic nitrogens is 1. The Labute approximate surface area is 188 Å². The van der Waals surface area contributed by atoms with Crippen LogP contribution in [0.15, 0.2) is 53.6 Å². The number of amides is 1. The highest BCUT2D eigenvalue weighted by atomic mass is 16.6. The van der Waals surface area contributed by atoms with E-state index in [1.165, 1.54) is 49.7 Å². The number of nitrogens with zero attached hydrogens (tertiary/aromatic N) is 4. The number of para-hydroxylation sites is 1. The molecular weight excluding hydrogens is 430 g/mol. The maximum atomic E-state index is 12.2. The number of nitro benzene ring substituents is 2. The van der Waals surface area contributed by atoms with Gasteiger partial charge in [-0.15, -0.1) is 0 Å². The number of non-ortho nitro benzene ring substituents is 1. The quantitative estimate of drug-likeness (QED) is 0.315. The number of ether oxygens (including phenoxy) is 1. The fourth-order valence-corrected chi connectivity index (χ4v) is 3.48. The predicted molar refractivity (Wildman–Crippen MR) is 121 cm³/mol. The number of aryl methyl sites for hydroxylation is 1. The summed E-state index contributed by atoms with van der Waals surface area (Å²) in [6, 6.07) is 12.1. The van der Waals surface area contributed by atoms with Gasteiger partial charge in [-0.2, -0.15) is 5.10 Å². The Kier molecular flexibility index (Phi) is 6.82. The zero-order valence-electron chi connectivity index (χ0n) is 18.1. The standard InChI is InChI=1S/C22H21N5O6/c1-14-10-17(13-23-24-22(28)11-16-6-4-5-7-19(16)27(31)32)15(2)25(14)20-12-18(26(29)30)8-9-21(20)33-3/h4-10,12-13H,11H2,1-3H3,(H,24,28)/b23-13+. The number of carbonyl (C=O) groups is 1.